The molecule has 0 radical (unpaired) electrons. The Kier molecular flexibility index (Phi) is 4.18. The van der Waals surface area contributed by atoms with Crippen LogP contribution in [0.3, 0.4) is 0 Å². The molecule has 0 aromatic carbocycles. The van der Waals surface area contributed by atoms with E-state index in [1.807, 2.05) is 23.0 Å². The third-order valence-electron chi connectivity index (χ3n) is 4.50. The minimum absolute atomic E-state index is 0.187. The van der Waals surface area contributed by atoms with Crippen LogP contribution in [-0.2, 0) is 6.42 Å². The first-order valence-corrected chi connectivity index (χ1v) is 8.93. The highest BCUT2D eigenvalue weighted by Gasteiger charge is 2.18. The van der Waals surface area contributed by atoms with Crippen molar-refractivity contribution in [2.24, 2.45) is 0 Å². The van der Waals surface area contributed by atoms with Crippen LogP contribution in [0.5, 0.6) is 0 Å². The third kappa shape index (κ3) is 3.45. The number of halogens is 1. The Morgan fingerprint density at radius 2 is 2.19 bits per heavy atom. The van der Waals surface area contributed by atoms with Crippen LogP contribution in [-0.4, -0.2) is 31.8 Å². The van der Waals surface area contributed by atoms with E-state index in [4.69, 9.17) is 0 Å². The van der Waals surface area contributed by atoms with Crippen molar-refractivity contribution in [1.82, 2.24) is 19.6 Å². The summed E-state index contributed by atoms with van der Waals surface area (Å²) in [7, 11) is 0. The van der Waals surface area contributed by atoms with Crippen LogP contribution in [0.2, 0.25) is 0 Å². The molecule has 1 aliphatic rings. The average Bonchev–Trinajstić information content (AvgIpc) is 2.97. The molecule has 3 aromatic heterocycles. The minimum atomic E-state index is -1.30. The van der Waals surface area contributed by atoms with Crippen LogP contribution in [0.25, 0.3) is 11.1 Å². The number of nitrogens with one attached hydrogen (secondary N) is 1. The van der Waals surface area contributed by atoms with Crippen LogP contribution in [0.15, 0.2) is 42.9 Å². The van der Waals surface area contributed by atoms with Gasteiger partial charge < -0.3 is 5.32 Å². The molecule has 0 saturated heterocycles. The van der Waals surface area contributed by atoms with Gasteiger partial charge >= 0.3 is 0 Å². The summed E-state index contributed by atoms with van der Waals surface area (Å²) in [5, 5.41) is 7.26. The maximum atomic E-state index is 13.7. The highest BCUT2D eigenvalue weighted by atomic mass is 19.1. The molecule has 0 fully saturated rings. The number of hydrogen-bond donors (Lipinski definition) is 1. The Labute approximate surface area is 152 Å². The molecule has 0 atom stereocenters. The number of pyridine rings is 1. The molecule has 0 unspecified atom stereocenters. The van der Waals surface area contributed by atoms with E-state index < -0.39 is 5.67 Å². The van der Waals surface area contributed by atoms with Gasteiger partial charge in [-0.3, -0.25) is 0 Å². The summed E-state index contributed by atoms with van der Waals surface area (Å²) in [6.07, 6.45) is 10.8. The number of allylic oxidation sites excluding steroid dienone is 1. The molecule has 0 spiro atoms. The van der Waals surface area contributed by atoms with E-state index in [2.05, 4.69) is 38.6 Å². The second-order valence-electron chi connectivity index (χ2n) is 7.25. The van der Waals surface area contributed by atoms with Gasteiger partial charge in [0, 0.05) is 24.2 Å². The Morgan fingerprint density at radius 3 is 3.04 bits per heavy atom. The summed E-state index contributed by atoms with van der Waals surface area (Å²) >= 11 is 0. The highest BCUT2D eigenvalue weighted by molar-refractivity contribution is 5.82. The minimum Gasteiger partial charge on any atom is -0.351 e. The van der Waals surface area contributed by atoms with Crippen LogP contribution in [0.4, 0.5) is 10.3 Å². The van der Waals surface area contributed by atoms with Crippen molar-refractivity contribution in [1.29, 1.82) is 0 Å². The lowest BCUT2D eigenvalue weighted by atomic mass is 9.98. The van der Waals surface area contributed by atoms with Crippen molar-refractivity contribution in [3.8, 4) is 0 Å². The summed E-state index contributed by atoms with van der Waals surface area (Å²) in [5.74, 6) is 0.488. The second kappa shape index (κ2) is 6.52. The van der Waals surface area contributed by atoms with E-state index in [0.29, 0.717) is 5.95 Å². The zero-order chi connectivity index (χ0) is 18.1. The fourth-order valence-electron chi connectivity index (χ4n) is 3.20. The zero-order valence-corrected chi connectivity index (χ0v) is 15.0. The summed E-state index contributed by atoms with van der Waals surface area (Å²) in [5.41, 5.74) is 4.10. The van der Waals surface area contributed by atoms with Crippen LogP contribution in [0.1, 0.15) is 43.5 Å². The quantitative estimate of drug-likeness (QED) is 0.770. The van der Waals surface area contributed by atoms with Crippen molar-refractivity contribution < 1.29 is 4.39 Å². The lowest BCUT2D eigenvalue weighted by Gasteiger charge is -2.16. The van der Waals surface area contributed by atoms with Crippen molar-refractivity contribution in [2.75, 3.05) is 11.9 Å². The molecule has 5 nitrogen and oxygen atoms in total. The van der Waals surface area contributed by atoms with Gasteiger partial charge in [-0.2, -0.15) is 5.10 Å². The number of rotatable bonds is 4. The Balaban J connectivity index is 1.69. The van der Waals surface area contributed by atoms with Gasteiger partial charge in [0.25, 0.3) is 0 Å². The van der Waals surface area contributed by atoms with E-state index in [-0.39, 0.29) is 6.54 Å². The van der Waals surface area contributed by atoms with Gasteiger partial charge in [-0.25, -0.2) is 18.9 Å². The number of fused-ring (bicyclic) bond motifs is 2. The molecule has 134 valence electrons. The summed E-state index contributed by atoms with van der Waals surface area (Å²) in [4.78, 5) is 9.07. The smallest absolute Gasteiger partial charge is 0.222 e. The fraction of sp³-hybridized carbons (Fsp3) is 0.350. The van der Waals surface area contributed by atoms with Crippen molar-refractivity contribution in [3.63, 3.8) is 0 Å². The number of aryl methyl sites for hydroxylation is 1. The number of nitrogens with zero attached hydrogens (tertiary/aromatic N) is 4. The van der Waals surface area contributed by atoms with Crippen LogP contribution in [0, 0.1) is 0 Å². The van der Waals surface area contributed by atoms with Crippen molar-refractivity contribution in [2.45, 2.75) is 38.8 Å². The average molecular weight is 351 g/mol. The fourth-order valence-corrected chi connectivity index (χ4v) is 3.20. The van der Waals surface area contributed by atoms with Gasteiger partial charge in [-0.05, 0) is 62.4 Å². The van der Waals surface area contributed by atoms with Crippen LogP contribution >= 0.6 is 0 Å². The highest BCUT2D eigenvalue weighted by Crippen LogP contribution is 2.30. The summed E-state index contributed by atoms with van der Waals surface area (Å²) < 4.78 is 15.6. The van der Waals surface area contributed by atoms with E-state index >= 15 is 0 Å². The topological polar surface area (TPSA) is 55.1 Å². The predicted molar refractivity (Wildman–Crippen MR) is 101 cm³/mol. The maximum Gasteiger partial charge on any atom is 0.222 e. The largest absolute Gasteiger partial charge is 0.351 e. The van der Waals surface area contributed by atoms with Gasteiger partial charge in [0.1, 0.15) is 5.67 Å². The van der Waals surface area contributed by atoms with Gasteiger partial charge in [0.2, 0.25) is 5.95 Å². The molecule has 0 bridgehead atoms. The molecule has 0 aliphatic heterocycles. The molecule has 1 N–H and O–H groups in total. The second-order valence-corrected chi connectivity index (χ2v) is 7.25. The van der Waals surface area contributed by atoms with Gasteiger partial charge in [-0.15, -0.1) is 0 Å². The number of alkyl halides is 1. The molecule has 1 aliphatic carbocycles. The molecule has 0 amide bonds. The lowest BCUT2D eigenvalue weighted by Crippen LogP contribution is -2.25. The first-order chi connectivity index (χ1) is 12.5. The van der Waals surface area contributed by atoms with E-state index in [1.165, 1.54) is 13.8 Å². The molecule has 6 heteroatoms. The molecule has 0 saturated carbocycles. The Morgan fingerprint density at radius 1 is 1.31 bits per heavy atom. The molecule has 4 rings (SSSR count). The van der Waals surface area contributed by atoms with Crippen molar-refractivity contribution in [3.05, 3.63) is 59.7 Å². The first-order valence-electron chi connectivity index (χ1n) is 8.93. The van der Waals surface area contributed by atoms with Gasteiger partial charge in [0.05, 0.1) is 17.8 Å². The van der Waals surface area contributed by atoms with Gasteiger partial charge in [0.15, 0.2) is 0 Å². The Hall–Kier alpha value is -2.76. The maximum absolute atomic E-state index is 13.7. The van der Waals surface area contributed by atoms with E-state index in [0.717, 1.165) is 47.2 Å². The SMILES string of the molecule is CC(C)(F)CNc1ncc2c(n1)CCCC=C2c1ccn2nccc2c1. The van der Waals surface area contributed by atoms with Crippen LogP contribution < -0.4 is 5.32 Å². The molecular weight excluding hydrogens is 329 g/mol. The molecule has 3 aromatic rings. The van der Waals surface area contributed by atoms with E-state index in [9.17, 15) is 4.39 Å². The number of hydrogen-bond acceptors (Lipinski definition) is 4. The standard InChI is InChI=1S/C20H22FN5/c1-20(2,21)13-23-19-22-12-17-16(5-3-4-6-18(17)25-19)14-8-10-26-15(11-14)7-9-24-26/h5,7-12H,3-4,6,13H2,1-2H3,(H,22,23,25). The normalized spacial score (nSPS) is 14.7. The molecular formula is C20H22FN5. The zero-order valence-electron chi connectivity index (χ0n) is 15.0. The summed E-state index contributed by atoms with van der Waals surface area (Å²) in [6.45, 7) is 3.26. The number of anilines is 1. The first kappa shape index (κ1) is 16.7. The third-order valence-corrected chi connectivity index (χ3v) is 4.50. The Bertz CT molecular complexity index is 968. The summed E-state index contributed by atoms with van der Waals surface area (Å²) in [6, 6.07) is 6.19. The van der Waals surface area contributed by atoms with Crippen molar-refractivity contribution >= 4 is 17.0 Å². The van der Waals surface area contributed by atoms with E-state index in [1.54, 1.807) is 6.20 Å². The lowest BCUT2D eigenvalue weighted by molar-refractivity contribution is 0.234. The van der Waals surface area contributed by atoms with Gasteiger partial charge in [-0.1, -0.05) is 6.08 Å². The predicted octanol–water partition coefficient (Wildman–Crippen LogP) is 4.05. The monoisotopic (exact) mass is 351 g/mol. The molecule has 26 heavy (non-hydrogen) atoms. The number of aromatic nitrogens is 4. The molecule has 3 heterocycles.